The van der Waals surface area contributed by atoms with E-state index in [1.165, 1.54) is 49.7 Å². The molecule has 0 amide bonds. The minimum Gasteiger partial charge on any atom is -0.309 e. The van der Waals surface area contributed by atoms with Gasteiger partial charge >= 0.3 is 0 Å². The lowest BCUT2D eigenvalue weighted by atomic mass is 9.99. The molecule has 0 aliphatic carbocycles. The first-order valence-electron chi connectivity index (χ1n) is 10.6. The van der Waals surface area contributed by atoms with Crippen LogP contribution in [0.2, 0.25) is 0 Å². The molecule has 0 unspecified atom stereocenters. The number of aromatic nitrogens is 1. The molecular formula is C30H21N. The lowest BCUT2D eigenvalue weighted by Gasteiger charge is -2.11. The van der Waals surface area contributed by atoms with Crippen LogP contribution < -0.4 is 0 Å². The van der Waals surface area contributed by atoms with Crippen molar-refractivity contribution >= 4 is 21.8 Å². The van der Waals surface area contributed by atoms with Gasteiger partial charge < -0.3 is 4.57 Å². The van der Waals surface area contributed by atoms with E-state index in [4.69, 9.17) is 0 Å². The maximum Gasteiger partial charge on any atom is 0.0541 e. The van der Waals surface area contributed by atoms with Crippen molar-refractivity contribution in [3.05, 3.63) is 127 Å². The Morgan fingerprint density at radius 3 is 1.52 bits per heavy atom. The molecule has 0 aliphatic heterocycles. The molecule has 0 saturated carbocycles. The van der Waals surface area contributed by atoms with Gasteiger partial charge in [-0.1, -0.05) is 97.1 Å². The third-order valence-corrected chi connectivity index (χ3v) is 5.99. The van der Waals surface area contributed by atoms with Crippen LogP contribution in [0.15, 0.2) is 127 Å². The van der Waals surface area contributed by atoms with Crippen molar-refractivity contribution in [1.29, 1.82) is 0 Å². The van der Waals surface area contributed by atoms with Crippen molar-refractivity contribution in [2.45, 2.75) is 0 Å². The molecule has 31 heavy (non-hydrogen) atoms. The highest BCUT2D eigenvalue weighted by atomic mass is 15.0. The van der Waals surface area contributed by atoms with Gasteiger partial charge in [-0.25, -0.2) is 0 Å². The van der Waals surface area contributed by atoms with Gasteiger partial charge in [-0.05, 0) is 52.6 Å². The van der Waals surface area contributed by atoms with Crippen molar-refractivity contribution in [2.75, 3.05) is 0 Å². The number of hydrogen-bond acceptors (Lipinski definition) is 0. The van der Waals surface area contributed by atoms with Gasteiger partial charge in [0.15, 0.2) is 0 Å². The van der Waals surface area contributed by atoms with Crippen molar-refractivity contribution in [1.82, 2.24) is 4.57 Å². The van der Waals surface area contributed by atoms with Gasteiger partial charge in [0.2, 0.25) is 0 Å². The number of nitrogens with zero attached hydrogens (tertiary/aromatic N) is 1. The molecule has 1 heterocycles. The second-order valence-electron chi connectivity index (χ2n) is 7.87. The Morgan fingerprint density at radius 1 is 0.355 bits per heavy atom. The van der Waals surface area contributed by atoms with Crippen LogP contribution in [0.25, 0.3) is 49.7 Å². The standard InChI is InChI=1S/C30H21N/c1-2-10-22(11-3-1)23-12-8-13-24(20-23)25-14-9-15-26(21-25)31-29-18-6-4-16-27(29)28-17-5-7-19-30(28)31/h1-21H. The van der Waals surface area contributed by atoms with Gasteiger partial charge in [0.25, 0.3) is 0 Å². The number of fused-ring (bicyclic) bond motifs is 3. The summed E-state index contributed by atoms with van der Waals surface area (Å²) in [6, 6.07) is 45.5. The normalized spacial score (nSPS) is 11.2. The molecule has 0 radical (unpaired) electrons. The first kappa shape index (κ1) is 17.7. The summed E-state index contributed by atoms with van der Waals surface area (Å²) < 4.78 is 2.37. The average Bonchev–Trinajstić information content (AvgIpc) is 3.19. The Balaban J connectivity index is 1.53. The Hall–Kier alpha value is -4.10. The number of benzene rings is 5. The smallest absolute Gasteiger partial charge is 0.0541 e. The zero-order valence-electron chi connectivity index (χ0n) is 17.1. The molecule has 1 aromatic heterocycles. The van der Waals surface area contributed by atoms with E-state index >= 15 is 0 Å². The van der Waals surface area contributed by atoms with E-state index in [1.807, 2.05) is 0 Å². The van der Waals surface area contributed by atoms with E-state index in [2.05, 4.69) is 132 Å². The van der Waals surface area contributed by atoms with E-state index in [0.29, 0.717) is 0 Å². The van der Waals surface area contributed by atoms with Gasteiger partial charge in [-0.15, -0.1) is 0 Å². The highest BCUT2D eigenvalue weighted by Crippen LogP contribution is 2.33. The Bertz CT molecular complexity index is 1470. The lowest BCUT2D eigenvalue weighted by Crippen LogP contribution is -1.94. The van der Waals surface area contributed by atoms with E-state index < -0.39 is 0 Å². The summed E-state index contributed by atoms with van der Waals surface area (Å²) in [4.78, 5) is 0. The van der Waals surface area contributed by atoms with Gasteiger partial charge in [0.05, 0.1) is 11.0 Å². The second kappa shape index (κ2) is 7.30. The summed E-state index contributed by atoms with van der Waals surface area (Å²) in [5.41, 5.74) is 8.57. The summed E-state index contributed by atoms with van der Waals surface area (Å²) in [6.45, 7) is 0. The van der Waals surface area contributed by atoms with Gasteiger partial charge in [-0.2, -0.15) is 0 Å². The van der Waals surface area contributed by atoms with E-state index in [-0.39, 0.29) is 0 Å². The molecular weight excluding hydrogens is 374 g/mol. The number of para-hydroxylation sites is 2. The summed E-state index contributed by atoms with van der Waals surface area (Å²) in [7, 11) is 0. The van der Waals surface area contributed by atoms with E-state index in [1.54, 1.807) is 0 Å². The van der Waals surface area contributed by atoms with Crippen LogP contribution in [0.1, 0.15) is 0 Å². The van der Waals surface area contributed by atoms with Crippen molar-refractivity contribution in [2.24, 2.45) is 0 Å². The summed E-state index contributed by atoms with van der Waals surface area (Å²) >= 11 is 0. The molecule has 0 spiro atoms. The summed E-state index contributed by atoms with van der Waals surface area (Å²) in [5, 5.41) is 2.57. The molecule has 1 nitrogen and oxygen atoms in total. The second-order valence-corrected chi connectivity index (χ2v) is 7.87. The monoisotopic (exact) mass is 395 g/mol. The molecule has 0 aliphatic rings. The van der Waals surface area contributed by atoms with Gasteiger partial charge in [-0.3, -0.25) is 0 Å². The predicted octanol–water partition coefficient (Wildman–Crippen LogP) is 8.12. The molecule has 0 atom stereocenters. The van der Waals surface area contributed by atoms with Crippen LogP contribution in [-0.2, 0) is 0 Å². The van der Waals surface area contributed by atoms with E-state index in [0.717, 1.165) is 0 Å². The predicted molar refractivity (Wildman–Crippen MR) is 132 cm³/mol. The third-order valence-electron chi connectivity index (χ3n) is 5.99. The van der Waals surface area contributed by atoms with Gasteiger partial charge in [0.1, 0.15) is 0 Å². The number of hydrogen-bond donors (Lipinski definition) is 0. The summed E-state index contributed by atoms with van der Waals surface area (Å²) in [5.74, 6) is 0. The topological polar surface area (TPSA) is 4.93 Å². The quantitative estimate of drug-likeness (QED) is 0.285. The minimum atomic E-state index is 1.18. The van der Waals surface area contributed by atoms with Crippen LogP contribution >= 0.6 is 0 Å². The fourth-order valence-corrected chi connectivity index (χ4v) is 4.53. The molecule has 5 aromatic carbocycles. The summed E-state index contributed by atoms with van der Waals surface area (Å²) in [6.07, 6.45) is 0. The Labute approximate surface area is 181 Å². The molecule has 6 aromatic rings. The lowest BCUT2D eigenvalue weighted by molar-refractivity contribution is 1.18. The van der Waals surface area contributed by atoms with Crippen molar-refractivity contribution < 1.29 is 0 Å². The van der Waals surface area contributed by atoms with Crippen LogP contribution in [0.3, 0.4) is 0 Å². The average molecular weight is 396 g/mol. The first-order chi connectivity index (χ1) is 15.4. The fourth-order valence-electron chi connectivity index (χ4n) is 4.53. The minimum absolute atomic E-state index is 1.18. The molecule has 0 N–H and O–H groups in total. The van der Waals surface area contributed by atoms with Crippen molar-refractivity contribution in [3.63, 3.8) is 0 Å². The highest BCUT2D eigenvalue weighted by Gasteiger charge is 2.12. The largest absolute Gasteiger partial charge is 0.309 e. The SMILES string of the molecule is c1ccc(-c2cccc(-c3cccc(-n4c5ccccc5c5ccccc54)c3)c2)cc1. The molecule has 0 fully saturated rings. The van der Waals surface area contributed by atoms with Gasteiger partial charge in [0, 0.05) is 16.5 Å². The Kier molecular flexibility index (Phi) is 4.18. The van der Waals surface area contributed by atoms with Crippen LogP contribution in [0.4, 0.5) is 0 Å². The first-order valence-corrected chi connectivity index (χ1v) is 10.6. The molecule has 1 heteroatoms. The van der Waals surface area contributed by atoms with Crippen molar-refractivity contribution in [3.8, 4) is 27.9 Å². The zero-order chi connectivity index (χ0) is 20.6. The van der Waals surface area contributed by atoms with Crippen LogP contribution in [0, 0.1) is 0 Å². The maximum atomic E-state index is 2.37. The van der Waals surface area contributed by atoms with Crippen LogP contribution in [0.5, 0.6) is 0 Å². The number of rotatable bonds is 3. The maximum absolute atomic E-state index is 2.37. The molecule has 6 rings (SSSR count). The highest BCUT2D eigenvalue weighted by molar-refractivity contribution is 6.09. The fraction of sp³-hybridized carbons (Fsp3) is 0. The zero-order valence-corrected chi connectivity index (χ0v) is 17.1. The molecule has 0 saturated heterocycles. The third kappa shape index (κ3) is 3.03. The van der Waals surface area contributed by atoms with Crippen LogP contribution in [-0.4, -0.2) is 4.57 Å². The molecule has 146 valence electrons. The molecule has 0 bridgehead atoms. The Morgan fingerprint density at radius 2 is 0.839 bits per heavy atom. The van der Waals surface area contributed by atoms with E-state index in [9.17, 15) is 0 Å².